The van der Waals surface area contributed by atoms with Gasteiger partial charge in [0, 0.05) is 16.2 Å². The van der Waals surface area contributed by atoms with E-state index in [0.717, 1.165) is 11.1 Å². The van der Waals surface area contributed by atoms with Gasteiger partial charge in [-0.1, -0.05) is 95.4 Å². The van der Waals surface area contributed by atoms with Crippen molar-refractivity contribution >= 4 is 62.5 Å². The Hall–Kier alpha value is -5.30. The first kappa shape index (κ1) is 34.2. The first-order valence-corrected chi connectivity index (χ1v) is 18.0. The highest BCUT2D eigenvalue weighted by atomic mass is 35.5. The van der Waals surface area contributed by atoms with Gasteiger partial charge in [0.05, 0.1) is 25.3 Å². The molecule has 2 aromatic heterocycles. The predicted molar refractivity (Wildman–Crippen MR) is 196 cm³/mol. The summed E-state index contributed by atoms with van der Waals surface area (Å²) in [6, 6.07) is 28.1. The van der Waals surface area contributed by atoms with Gasteiger partial charge in [-0.25, -0.2) is 0 Å². The number of thioether (sulfide) groups is 1. The molecule has 0 aliphatic carbocycles. The maximum atomic E-state index is 14.3. The molecule has 0 saturated heterocycles. The monoisotopic (exact) mass is 739 g/mol. The Morgan fingerprint density at radius 2 is 1.75 bits per heavy atom. The largest absolute Gasteiger partial charge is 0.503 e. The Balaban J connectivity index is 1.27. The van der Waals surface area contributed by atoms with Gasteiger partial charge in [0.1, 0.15) is 6.61 Å². The van der Waals surface area contributed by atoms with E-state index >= 15 is 0 Å². The summed E-state index contributed by atoms with van der Waals surface area (Å²) in [5, 5.41) is 21.6. The van der Waals surface area contributed by atoms with Gasteiger partial charge in [-0.15, -0.1) is 10.2 Å². The fourth-order valence-corrected chi connectivity index (χ4v) is 7.64. The molecule has 1 aliphatic rings. The number of benzene rings is 4. The number of ether oxygens (including phenoxy) is 3. The lowest BCUT2D eigenvalue weighted by atomic mass is 9.95. The first-order chi connectivity index (χ1) is 24.8. The van der Waals surface area contributed by atoms with Crippen molar-refractivity contribution in [2.75, 3.05) is 18.6 Å². The number of hydrogen-bond acceptors (Lipinski definition) is 11. The molecule has 13 heteroatoms. The van der Waals surface area contributed by atoms with Gasteiger partial charge in [0.15, 0.2) is 38.7 Å². The summed E-state index contributed by atoms with van der Waals surface area (Å²) in [4.78, 5) is 29.6. The molecule has 1 aliphatic heterocycles. The Morgan fingerprint density at radius 3 is 2.51 bits per heavy atom. The Morgan fingerprint density at radius 1 is 0.941 bits per heavy atom. The number of halogens is 1. The molecule has 0 fully saturated rings. The summed E-state index contributed by atoms with van der Waals surface area (Å²) in [7, 11) is 1.50. The van der Waals surface area contributed by atoms with E-state index in [1.54, 1.807) is 42.5 Å². The number of nitrogens with zero attached hydrogens (tertiary/aromatic N) is 3. The topological polar surface area (TPSA) is 124 Å². The van der Waals surface area contributed by atoms with Crippen LogP contribution in [0.25, 0.3) is 11.0 Å². The number of amides is 1. The number of fused-ring (bicyclic) bond motifs is 1. The number of anilines is 1. The average molecular weight is 740 g/mol. The van der Waals surface area contributed by atoms with Crippen LogP contribution >= 0.6 is 34.7 Å². The smallest absolute Gasteiger partial charge is 0.296 e. The van der Waals surface area contributed by atoms with Crippen LogP contribution in [0.5, 0.6) is 17.2 Å². The van der Waals surface area contributed by atoms with Gasteiger partial charge in [-0.2, -0.15) is 0 Å². The third-order valence-electron chi connectivity index (χ3n) is 8.10. The zero-order valence-electron chi connectivity index (χ0n) is 27.4. The van der Waals surface area contributed by atoms with E-state index < -0.39 is 23.5 Å². The van der Waals surface area contributed by atoms with Crippen LogP contribution in [0.1, 0.15) is 40.2 Å². The molecule has 0 bridgehead atoms. The molecule has 258 valence electrons. The third-order valence-corrected chi connectivity index (χ3v) is 10.5. The highest BCUT2D eigenvalue weighted by Gasteiger charge is 2.47. The molecule has 0 saturated carbocycles. The van der Waals surface area contributed by atoms with Crippen molar-refractivity contribution in [2.45, 2.75) is 29.7 Å². The van der Waals surface area contributed by atoms with E-state index in [2.05, 4.69) is 10.2 Å². The van der Waals surface area contributed by atoms with Crippen LogP contribution in [-0.4, -0.2) is 40.7 Å². The minimum atomic E-state index is -1.11. The van der Waals surface area contributed by atoms with Crippen molar-refractivity contribution in [2.24, 2.45) is 0 Å². The van der Waals surface area contributed by atoms with E-state index in [-0.39, 0.29) is 16.5 Å². The number of carbonyl (C=O) groups is 2. The summed E-state index contributed by atoms with van der Waals surface area (Å²) < 4.78 is 24.1. The molecule has 1 atom stereocenters. The number of Topliss-reactive ketones (excluding diaryl/α,β-unsaturated/α-hetero) is 1. The van der Waals surface area contributed by atoms with Crippen molar-refractivity contribution in [3.8, 4) is 17.2 Å². The minimum absolute atomic E-state index is 0.0694. The molecule has 0 radical (unpaired) electrons. The van der Waals surface area contributed by atoms with Crippen molar-refractivity contribution in [3.63, 3.8) is 0 Å². The van der Waals surface area contributed by atoms with E-state index in [0.29, 0.717) is 62.1 Å². The number of aliphatic hydroxyl groups is 1. The lowest BCUT2D eigenvalue weighted by molar-refractivity contribution is -0.117. The van der Waals surface area contributed by atoms with Gasteiger partial charge in [-0.05, 0) is 60.0 Å². The van der Waals surface area contributed by atoms with E-state index in [4.69, 9.17) is 30.2 Å². The molecular formula is C38H30ClN3O7S2. The van der Waals surface area contributed by atoms with Crippen LogP contribution in [0.3, 0.4) is 0 Å². The molecule has 4 aromatic carbocycles. The normalized spacial score (nSPS) is 14.4. The van der Waals surface area contributed by atoms with Crippen LogP contribution in [0.15, 0.2) is 117 Å². The van der Waals surface area contributed by atoms with Crippen molar-refractivity contribution in [1.82, 2.24) is 10.2 Å². The second-order valence-electron chi connectivity index (χ2n) is 11.3. The summed E-state index contributed by atoms with van der Waals surface area (Å²) in [6.45, 7) is 2.48. The van der Waals surface area contributed by atoms with Gasteiger partial charge >= 0.3 is 0 Å². The average Bonchev–Trinajstić information content (AvgIpc) is 3.87. The maximum Gasteiger partial charge on any atom is 0.296 e. The van der Waals surface area contributed by atoms with E-state index in [1.165, 1.54) is 35.1 Å². The SMILES string of the molecule is CCOc1cc(C2C(C(=O)c3cc4cccc(OC)c4o3)=C(O)C(=O)N2c2nnc(SCc3ccc(Cl)cc3)s2)ccc1OCc1ccccc1. The molecule has 7 rings (SSSR count). The van der Waals surface area contributed by atoms with Crippen LogP contribution in [0.2, 0.25) is 5.02 Å². The Labute approximate surface area is 306 Å². The van der Waals surface area contributed by atoms with Gasteiger partial charge in [0.25, 0.3) is 5.91 Å². The number of aliphatic hydroxyl groups excluding tert-OH is 1. The lowest BCUT2D eigenvalue weighted by Crippen LogP contribution is -2.31. The maximum absolute atomic E-state index is 14.3. The third kappa shape index (κ3) is 7.03. The number of para-hydroxylation sites is 1. The predicted octanol–water partition coefficient (Wildman–Crippen LogP) is 9.00. The minimum Gasteiger partial charge on any atom is -0.503 e. The van der Waals surface area contributed by atoms with Gasteiger partial charge in [-0.3, -0.25) is 14.5 Å². The highest BCUT2D eigenvalue weighted by molar-refractivity contribution is 8.00. The molecule has 3 heterocycles. The Bertz CT molecular complexity index is 2250. The van der Waals surface area contributed by atoms with Crippen LogP contribution < -0.4 is 19.1 Å². The summed E-state index contributed by atoms with van der Waals surface area (Å²) in [5.74, 6) is -0.348. The number of aromatic nitrogens is 2. The summed E-state index contributed by atoms with van der Waals surface area (Å²) in [6.07, 6.45) is 0. The molecule has 6 aromatic rings. The molecular weight excluding hydrogens is 710 g/mol. The fraction of sp³-hybridized carbons (Fsp3) is 0.158. The van der Waals surface area contributed by atoms with Crippen LogP contribution in [-0.2, 0) is 17.2 Å². The van der Waals surface area contributed by atoms with Crippen molar-refractivity contribution in [1.29, 1.82) is 0 Å². The molecule has 1 unspecified atom stereocenters. The number of rotatable bonds is 13. The Kier molecular flexibility index (Phi) is 9.98. The van der Waals surface area contributed by atoms with Crippen molar-refractivity contribution in [3.05, 3.63) is 136 Å². The lowest BCUT2D eigenvalue weighted by Gasteiger charge is -2.25. The quantitative estimate of drug-likeness (QED) is 0.0697. The molecule has 0 spiro atoms. The second-order valence-corrected chi connectivity index (χ2v) is 14.0. The van der Waals surface area contributed by atoms with Crippen LogP contribution in [0, 0.1) is 0 Å². The first-order valence-electron chi connectivity index (χ1n) is 15.9. The molecule has 1 N–H and O–H groups in total. The molecule has 10 nitrogen and oxygen atoms in total. The van der Waals surface area contributed by atoms with Gasteiger partial charge < -0.3 is 23.7 Å². The molecule has 1 amide bonds. The van der Waals surface area contributed by atoms with Gasteiger partial charge in [0.2, 0.25) is 10.9 Å². The van der Waals surface area contributed by atoms with Crippen molar-refractivity contribution < 1.29 is 33.3 Å². The number of ketones is 1. The number of carbonyl (C=O) groups excluding carboxylic acids is 2. The highest BCUT2D eigenvalue weighted by Crippen LogP contribution is 2.46. The number of hydrogen-bond donors (Lipinski definition) is 1. The van der Waals surface area contributed by atoms with E-state index in [1.807, 2.05) is 61.5 Å². The summed E-state index contributed by atoms with van der Waals surface area (Å²) >= 11 is 8.65. The van der Waals surface area contributed by atoms with E-state index in [9.17, 15) is 14.7 Å². The number of furan rings is 1. The standard InChI is InChI=1S/C38H30ClN3O7S2/c1-3-47-29-18-24(14-17-27(29)48-20-22-8-5-4-6-9-22)32-31(33(43)30-19-25-10-7-11-28(46-2)35(25)49-30)34(44)36(45)42(32)37-40-41-38(51-37)50-21-23-12-15-26(39)16-13-23/h4-19,32,44H,3,20-21H2,1-2H3. The molecule has 51 heavy (non-hydrogen) atoms. The summed E-state index contributed by atoms with van der Waals surface area (Å²) in [5.41, 5.74) is 2.67. The fourth-order valence-electron chi connectivity index (χ4n) is 5.69. The van der Waals surface area contributed by atoms with Crippen LogP contribution in [0.4, 0.5) is 5.13 Å². The number of methoxy groups -OCH3 is 1. The second kappa shape index (κ2) is 14.9. The zero-order valence-corrected chi connectivity index (χ0v) is 29.8. The zero-order chi connectivity index (χ0) is 35.5.